The van der Waals surface area contributed by atoms with E-state index in [-0.39, 0.29) is 0 Å². The molecule has 1 N–H and O–H groups in total. The Morgan fingerprint density at radius 1 is 1.35 bits per heavy atom. The number of aromatic nitrogens is 3. The van der Waals surface area contributed by atoms with Crippen LogP contribution in [0.1, 0.15) is 19.2 Å². The van der Waals surface area contributed by atoms with Gasteiger partial charge in [0.25, 0.3) is 0 Å². The highest BCUT2D eigenvalue weighted by molar-refractivity contribution is 4.96. The summed E-state index contributed by atoms with van der Waals surface area (Å²) < 4.78 is 1.88. The predicted octanol–water partition coefficient (Wildman–Crippen LogP) is -0.0284. The molecule has 0 amide bonds. The van der Waals surface area contributed by atoms with Gasteiger partial charge in [0.05, 0.1) is 0 Å². The largest absolute Gasteiger partial charge is 0.312 e. The van der Waals surface area contributed by atoms with Crippen LogP contribution >= 0.6 is 0 Å². The Kier molecular flexibility index (Phi) is 5.51. The summed E-state index contributed by atoms with van der Waals surface area (Å²) in [7, 11) is 6.41. The molecule has 1 aromatic heterocycles. The van der Waals surface area contributed by atoms with E-state index in [2.05, 4.69) is 46.2 Å². The molecule has 0 aliphatic carbocycles. The van der Waals surface area contributed by atoms with Crippen LogP contribution in [0, 0.1) is 0 Å². The van der Waals surface area contributed by atoms with E-state index in [0.29, 0.717) is 12.1 Å². The molecule has 0 saturated carbocycles. The molecule has 1 aromatic rings. The number of aryl methyl sites for hydroxylation is 1. The van der Waals surface area contributed by atoms with Crippen molar-refractivity contribution in [1.29, 1.82) is 0 Å². The average molecular weight is 280 g/mol. The summed E-state index contributed by atoms with van der Waals surface area (Å²) in [6.45, 7) is 6.65. The smallest absolute Gasteiger partial charge is 0.138 e. The van der Waals surface area contributed by atoms with Crippen molar-refractivity contribution in [2.75, 3.05) is 40.3 Å². The molecule has 0 spiro atoms. The van der Waals surface area contributed by atoms with Crippen molar-refractivity contribution in [3.63, 3.8) is 0 Å². The minimum Gasteiger partial charge on any atom is -0.312 e. The number of nitrogens with zero attached hydrogens (tertiary/aromatic N) is 5. The van der Waals surface area contributed by atoms with Gasteiger partial charge in [0.2, 0.25) is 0 Å². The van der Waals surface area contributed by atoms with Gasteiger partial charge in [-0.15, -0.1) is 0 Å². The fourth-order valence-corrected chi connectivity index (χ4v) is 2.85. The van der Waals surface area contributed by atoms with E-state index in [1.165, 1.54) is 0 Å². The van der Waals surface area contributed by atoms with Gasteiger partial charge < -0.3 is 10.2 Å². The van der Waals surface area contributed by atoms with E-state index in [0.717, 1.165) is 44.8 Å². The molecule has 6 nitrogen and oxygen atoms in total. The van der Waals surface area contributed by atoms with Crippen molar-refractivity contribution < 1.29 is 0 Å². The van der Waals surface area contributed by atoms with Crippen LogP contribution in [0.4, 0.5) is 0 Å². The Morgan fingerprint density at radius 2 is 2.15 bits per heavy atom. The van der Waals surface area contributed by atoms with Crippen LogP contribution in [0.15, 0.2) is 6.33 Å². The lowest BCUT2D eigenvalue weighted by atomic mass is 10.00. The normalized spacial score (nSPS) is 23.1. The first kappa shape index (κ1) is 15.4. The number of hydrogen-bond donors (Lipinski definition) is 1. The van der Waals surface area contributed by atoms with E-state index in [1.807, 2.05) is 11.7 Å². The predicted molar refractivity (Wildman–Crippen MR) is 80.7 cm³/mol. The summed E-state index contributed by atoms with van der Waals surface area (Å²) in [5, 5.41) is 7.89. The maximum atomic E-state index is 4.38. The molecule has 1 fully saturated rings. The topological polar surface area (TPSA) is 49.2 Å². The molecule has 0 radical (unpaired) electrons. The lowest BCUT2D eigenvalue weighted by molar-refractivity contribution is 0.0869. The van der Waals surface area contributed by atoms with Crippen LogP contribution in [0.25, 0.3) is 0 Å². The second-order valence-electron chi connectivity index (χ2n) is 5.87. The Morgan fingerprint density at radius 3 is 2.80 bits per heavy atom. The zero-order valence-electron chi connectivity index (χ0n) is 13.2. The molecule has 2 atom stereocenters. The average Bonchev–Trinajstić information content (AvgIpc) is 2.83. The second kappa shape index (κ2) is 7.15. The standard InChI is InChI=1S/C14H28N6/c1-5-6-15-12(9-14-16-11-17-20(14)4)13-10-18(2)7-8-19(13)3/h11-13,15H,5-10H2,1-4H3. The maximum Gasteiger partial charge on any atom is 0.138 e. The number of piperazine rings is 1. The van der Waals surface area contributed by atoms with E-state index >= 15 is 0 Å². The first-order chi connectivity index (χ1) is 9.61. The molecule has 2 heterocycles. The van der Waals surface area contributed by atoms with Crippen molar-refractivity contribution in [1.82, 2.24) is 29.9 Å². The van der Waals surface area contributed by atoms with E-state index in [1.54, 1.807) is 6.33 Å². The van der Waals surface area contributed by atoms with Crippen LogP contribution in [0.3, 0.4) is 0 Å². The van der Waals surface area contributed by atoms with Crippen LogP contribution in [-0.2, 0) is 13.5 Å². The van der Waals surface area contributed by atoms with Gasteiger partial charge in [-0.05, 0) is 27.1 Å². The second-order valence-corrected chi connectivity index (χ2v) is 5.87. The first-order valence-electron chi connectivity index (χ1n) is 7.56. The van der Waals surface area contributed by atoms with Gasteiger partial charge in [0.1, 0.15) is 12.2 Å². The van der Waals surface area contributed by atoms with Gasteiger partial charge in [-0.1, -0.05) is 6.92 Å². The highest BCUT2D eigenvalue weighted by atomic mass is 15.3. The van der Waals surface area contributed by atoms with Gasteiger partial charge in [-0.25, -0.2) is 4.98 Å². The lowest BCUT2D eigenvalue weighted by Crippen LogP contribution is -2.59. The molecule has 114 valence electrons. The molecule has 2 rings (SSSR count). The monoisotopic (exact) mass is 280 g/mol. The number of rotatable bonds is 6. The molecule has 1 aliphatic rings. The summed E-state index contributed by atoms with van der Waals surface area (Å²) in [5.74, 6) is 1.06. The van der Waals surface area contributed by atoms with Crippen molar-refractivity contribution in [2.24, 2.45) is 7.05 Å². The quantitative estimate of drug-likeness (QED) is 0.793. The van der Waals surface area contributed by atoms with Crippen LogP contribution in [0.5, 0.6) is 0 Å². The summed E-state index contributed by atoms with van der Waals surface area (Å²) in [4.78, 5) is 9.28. The van der Waals surface area contributed by atoms with Crippen LogP contribution in [0.2, 0.25) is 0 Å². The molecule has 2 unspecified atom stereocenters. The number of nitrogens with one attached hydrogen (secondary N) is 1. The van der Waals surface area contributed by atoms with Gasteiger partial charge in [-0.3, -0.25) is 9.58 Å². The van der Waals surface area contributed by atoms with Crippen molar-refractivity contribution in [3.8, 4) is 0 Å². The zero-order chi connectivity index (χ0) is 14.5. The number of hydrogen-bond acceptors (Lipinski definition) is 5. The minimum atomic E-state index is 0.422. The summed E-state index contributed by atoms with van der Waals surface area (Å²) in [6, 6.07) is 0.947. The van der Waals surface area contributed by atoms with E-state index in [4.69, 9.17) is 0 Å². The zero-order valence-corrected chi connectivity index (χ0v) is 13.2. The van der Waals surface area contributed by atoms with E-state index < -0.39 is 0 Å². The molecule has 6 heteroatoms. The summed E-state index contributed by atoms with van der Waals surface area (Å²) >= 11 is 0. The Hall–Kier alpha value is -0.980. The molecular formula is C14H28N6. The highest BCUT2D eigenvalue weighted by Gasteiger charge is 2.30. The summed E-state index contributed by atoms with van der Waals surface area (Å²) in [6.07, 6.45) is 3.73. The van der Waals surface area contributed by atoms with E-state index in [9.17, 15) is 0 Å². The third kappa shape index (κ3) is 3.77. The lowest BCUT2D eigenvalue weighted by Gasteiger charge is -2.42. The first-order valence-corrected chi connectivity index (χ1v) is 7.56. The fraction of sp³-hybridized carbons (Fsp3) is 0.857. The van der Waals surface area contributed by atoms with Gasteiger partial charge in [0.15, 0.2) is 0 Å². The van der Waals surface area contributed by atoms with Crippen molar-refractivity contribution in [2.45, 2.75) is 31.8 Å². The molecular weight excluding hydrogens is 252 g/mol. The fourth-order valence-electron chi connectivity index (χ4n) is 2.85. The maximum absolute atomic E-state index is 4.38. The highest BCUT2D eigenvalue weighted by Crippen LogP contribution is 2.13. The van der Waals surface area contributed by atoms with Gasteiger partial charge >= 0.3 is 0 Å². The van der Waals surface area contributed by atoms with Crippen LogP contribution in [-0.4, -0.2) is 76.9 Å². The van der Waals surface area contributed by atoms with Gasteiger partial charge in [-0.2, -0.15) is 5.10 Å². The molecule has 1 saturated heterocycles. The molecule has 0 bridgehead atoms. The molecule has 20 heavy (non-hydrogen) atoms. The number of likely N-dealkylation sites (N-methyl/N-ethyl adjacent to an activating group) is 2. The summed E-state index contributed by atoms with van der Waals surface area (Å²) in [5.41, 5.74) is 0. The minimum absolute atomic E-state index is 0.422. The van der Waals surface area contributed by atoms with Gasteiger partial charge in [0, 0.05) is 45.2 Å². The Bertz CT molecular complexity index is 404. The third-order valence-electron chi connectivity index (χ3n) is 4.23. The molecule has 1 aliphatic heterocycles. The molecule has 0 aromatic carbocycles. The third-order valence-corrected chi connectivity index (χ3v) is 4.23. The Labute approximate surface area is 122 Å². The SMILES string of the molecule is CCCNC(Cc1ncnn1C)C1CN(C)CCN1C. The van der Waals surface area contributed by atoms with Crippen molar-refractivity contribution in [3.05, 3.63) is 12.2 Å². The Balaban J connectivity index is 2.07. The van der Waals surface area contributed by atoms with Crippen LogP contribution < -0.4 is 5.32 Å². The van der Waals surface area contributed by atoms with Crippen molar-refractivity contribution >= 4 is 0 Å².